The number of aliphatic hydroxyl groups is 1. The summed E-state index contributed by atoms with van der Waals surface area (Å²) in [5, 5.41) is 17.8. The van der Waals surface area contributed by atoms with Crippen molar-refractivity contribution in [3.05, 3.63) is 46.0 Å². The van der Waals surface area contributed by atoms with Gasteiger partial charge in [0, 0.05) is 22.0 Å². The second kappa shape index (κ2) is 4.64. The summed E-state index contributed by atoms with van der Waals surface area (Å²) in [6.45, 7) is 1.67. The number of aromatic amines is 1. The van der Waals surface area contributed by atoms with Gasteiger partial charge in [-0.3, -0.25) is 5.10 Å². The summed E-state index contributed by atoms with van der Waals surface area (Å²) >= 11 is 11.9. The van der Waals surface area contributed by atoms with Gasteiger partial charge in [0.1, 0.15) is 12.2 Å². The first-order chi connectivity index (χ1) is 7.99. The predicted molar refractivity (Wildman–Crippen MR) is 66.1 cm³/mol. The molecule has 1 heterocycles. The van der Waals surface area contributed by atoms with E-state index in [-0.39, 0.29) is 0 Å². The summed E-state index contributed by atoms with van der Waals surface area (Å²) in [7, 11) is 0. The Bertz CT molecular complexity index is 511. The van der Waals surface area contributed by atoms with Crippen molar-refractivity contribution >= 4 is 23.2 Å². The topological polar surface area (TPSA) is 61.8 Å². The Morgan fingerprint density at radius 1 is 1.41 bits per heavy atom. The van der Waals surface area contributed by atoms with Crippen molar-refractivity contribution in [2.45, 2.75) is 18.9 Å². The van der Waals surface area contributed by atoms with Gasteiger partial charge in [0.05, 0.1) is 5.60 Å². The van der Waals surface area contributed by atoms with Crippen LogP contribution >= 0.6 is 23.2 Å². The van der Waals surface area contributed by atoms with Gasteiger partial charge < -0.3 is 5.11 Å². The Morgan fingerprint density at radius 2 is 2.18 bits per heavy atom. The summed E-state index contributed by atoms with van der Waals surface area (Å²) in [6.07, 6.45) is 1.70. The Kier molecular flexibility index (Phi) is 3.38. The largest absolute Gasteiger partial charge is 0.385 e. The van der Waals surface area contributed by atoms with Crippen molar-refractivity contribution in [3.8, 4) is 0 Å². The highest BCUT2D eigenvalue weighted by atomic mass is 35.5. The van der Waals surface area contributed by atoms with Crippen LogP contribution in [-0.2, 0) is 12.0 Å². The molecule has 90 valence electrons. The molecule has 1 aromatic carbocycles. The molecular formula is C11H11Cl2N3O. The molecule has 0 radical (unpaired) electrons. The van der Waals surface area contributed by atoms with Gasteiger partial charge in [0.2, 0.25) is 0 Å². The summed E-state index contributed by atoms with van der Waals surface area (Å²) in [6, 6.07) is 5.01. The fourth-order valence-electron chi connectivity index (χ4n) is 1.66. The van der Waals surface area contributed by atoms with Crippen molar-refractivity contribution in [1.82, 2.24) is 15.2 Å². The number of H-pyrrole nitrogens is 1. The quantitative estimate of drug-likeness (QED) is 0.902. The number of halogens is 2. The molecule has 0 aliphatic rings. The van der Waals surface area contributed by atoms with Crippen LogP contribution in [0.25, 0.3) is 0 Å². The van der Waals surface area contributed by atoms with E-state index in [0.29, 0.717) is 27.9 Å². The number of hydrogen-bond acceptors (Lipinski definition) is 3. The maximum absolute atomic E-state index is 10.4. The predicted octanol–water partition coefficient (Wildman–Crippen LogP) is 2.56. The average Bonchev–Trinajstić information content (AvgIpc) is 2.68. The van der Waals surface area contributed by atoms with Crippen LogP contribution in [0.3, 0.4) is 0 Å². The number of aromatic nitrogens is 3. The summed E-state index contributed by atoms with van der Waals surface area (Å²) in [5.74, 6) is 0.598. The van der Waals surface area contributed by atoms with Crippen LogP contribution < -0.4 is 0 Å². The van der Waals surface area contributed by atoms with Crippen molar-refractivity contribution in [3.63, 3.8) is 0 Å². The molecular weight excluding hydrogens is 261 g/mol. The van der Waals surface area contributed by atoms with Crippen LogP contribution in [-0.4, -0.2) is 20.3 Å². The summed E-state index contributed by atoms with van der Waals surface area (Å²) in [4.78, 5) is 3.98. The third kappa shape index (κ3) is 2.77. The second-order valence-corrected chi connectivity index (χ2v) is 4.85. The average molecular weight is 272 g/mol. The van der Waals surface area contributed by atoms with Crippen LogP contribution in [0.15, 0.2) is 24.5 Å². The Hall–Kier alpha value is -1.10. The number of nitrogens with one attached hydrogen (secondary N) is 1. The Labute approximate surface area is 109 Å². The van der Waals surface area contributed by atoms with E-state index in [4.69, 9.17) is 23.2 Å². The lowest BCUT2D eigenvalue weighted by Crippen LogP contribution is -2.25. The molecule has 0 aliphatic carbocycles. The lowest BCUT2D eigenvalue weighted by Gasteiger charge is -2.23. The SMILES string of the molecule is CC(O)(Cc1ncn[nH]1)c1ccc(Cl)cc1Cl. The molecule has 0 fully saturated rings. The van der Waals surface area contributed by atoms with Gasteiger partial charge in [0.15, 0.2) is 0 Å². The fraction of sp³-hybridized carbons (Fsp3) is 0.273. The number of rotatable bonds is 3. The molecule has 0 saturated heterocycles. The summed E-state index contributed by atoms with van der Waals surface area (Å²) in [5.41, 5.74) is -0.513. The molecule has 0 saturated carbocycles. The first kappa shape index (κ1) is 12.4. The van der Waals surface area contributed by atoms with Gasteiger partial charge >= 0.3 is 0 Å². The molecule has 0 bridgehead atoms. The second-order valence-electron chi connectivity index (χ2n) is 4.01. The molecule has 1 atom stereocenters. The van der Waals surface area contributed by atoms with Crippen LogP contribution in [0.1, 0.15) is 18.3 Å². The molecule has 0 amide bonds. The van der Waals surface area contributed by atoms with Crippen LogP contribution in [0, 0.1) is 0 Å². The highest BCUT2D eigenvalue weighted by Crippen LogP contribution is 2.32. The van der Waals surface area contributed by atoms with E-state index in [0.717, 1.165) is 0 Å². The molecule has 17 heavy (non-hydrogen) atoms. The molecule has 2 rings (SSSR count). The smallest absolute Gasteiger partial charge is 0.137 e. The van der Waals surface area contributed by atoms with Gasteiger partial charge in [-0.25, -0.2) is 4.98 Å². The highest BCUT2D eigenvalue weighted by Gasteiger charge is 2.27. The molecule has 1 unspecified atom stereocenters. The Morgan fingerprint density at radius 3 is 2.76 bits per heavy atom. The minimum Gasteiger partial charge on any atom is -0.385 e. The normalized spacial score (nSPS) is 14.6. The van der Waals surface area contributed by atoms with Gasteiger partial charge in [-0.1, -0.05) is 29.3 Å². The first-order valence-corrected chi connectivity index (χ1v) is 5.77. The van der Waals surface area contributed by atoms with Crippen LogP contribution in [0.5, 0.6) is 0 Å². The molecule has 6 heteroatoms. The van der Waals surface area contributed by atoms with E-state index >= 15 is 0 Å². The van der Waals surface area contributed by atoms with E-state index in [2.05, 4.69) is 15.2 Å². The van der Waals surface area contributed by atoms with Crippen molar-refractivity contribution < 1.29 is 5.11 Å². The maximum atomic E-state index is 10.4. The molecule has 2 N–H and O–H groups in total. The molecule has 2 aromatic rings. The third-order valence-corrected chi connectivity index (χ3v) is 3.04. The minimum atomic E-state index is -1.12. The van der Waals surface area contributed by atoms with E-state index in [1.54, 1.807) is 25.1 Å². The van der Waals surface area contributed by atoms with Crippen molar-refractivity contribution in [1.29, 1.82) is 0 Å². The zero-order valence-electron chi connectivity index (χ0n) is 9.11. The zero-order chi connectivity index (χ0) is 12.5. The van der Waals surface area contributed by atoms with E-state index in [1.807, 2.05) is 0 Å². The van der Waals surface area contributed by atoms with E-state index in [9.17, 15) is 5.11 Å². The van der Waals surface area contributed by atoms with Gasteiger partial charge in [-0.15, -0.1) is 0 Å². The third-order valence-electron chi connectivity index (χ3n) is 2.49. The van der Waals surface area contributed by atoms with Crippen molar-refractivity contribution in [2.24, 2.45) is 0 Å². The van der Waals surface area contributed by atoms with Crippen LogP contribution in [0.4, 0.5) is 0 Å². The highest BCUT2D eigenvalue weighted by molar-refractivity contribution is 6.35. The molecule has 0 aliphatic heterocycles. The Balaban J connectivity index is 2.30. The summed E-state index contributed by atoms with van der Waals surface area (Å²) < 4.78 is 0. The van der Waals surface area contributed by atoms with Gasteiger partial charge in [0.25, 0.3) is 0 Å². The van der Waals surface area contributed by atoms with Crippen LogP contribution in [0.2, 0.25) is 10.0 Å². The standard InChI is InChI=1S/C11H11Cl2N3O/c1-11(17,5-10-14-6-15-16-10)8-3-2-7(12)4-9(8)13/h2-4,6,17H,5H2,1H3,(H,14,15,16). The van der Waals surface area contributed by atoms with Crippen molar-refractivity contribution in [2.75, 3.05) is 0 Å². The van der Waals surface area contributed by atoms with E-state index in [1.165, 1.54) is 6.33 Å². The monoisotopic (exact) mass is 271 g/mol. The zero-order valence-corrected chi connectivity index (χ0v) is 10.6. The number of nitrogens with zero attached hydrogens (tertiary/aromatic N) is 2. The van der Waals surface area contributed by atoms with E-state index < -0.39 is 5.60 Å². The number of hydrogen-bond donors (Lipinski definition) is 2. The number of benzene rings is 1. The molecule has 0 spiro atoms. The lowest BCUT2D eigenvalue weighted by atomic mass is 9.92. The maximum Gasteiger partial charge on any atom is 0.137 e. The van der Waals surface area contributed by atoms with Gasteiger partial charge in [-0.2, -0.15) is 5.10 Å². The molecule has 4 nitrogen and oxygen atoms in total. The molecule has 1 aromatic heterocycles. The minimum absolute atomic E-state index is 0.300. The lowest BCUT2D eigenvalue weighted by molar-refractivity contribution is 0.0556. The fourth-order valence-corrected chi connectivity index (χ4v) is 2.28. The first-order valence-electron chi connectivity index (χ1n) is 5.01. The van der Waals surface area contributed by atoms with Gasteiger partial charge in [-0.05, 0) is 19.1 Å².